The van der Waals surface area contributed by atoms with Crippen molar-refractivity contribution >= 4 is 45.6 Å². The number of hydrogen-bond donors (Lipinski definition) is 1. The van der Waals surface area contributed by atoms with Gasteiger partial charge in [0.1, 0.15) is 10.8 Å². The predicted octanol–water partition coefficient (Wildman–Crippen LogP) is 4.22. The van der Waals surface area contributed by atoms with E-state index in [0.29, 0.717) is 60.0 Å². The van der Waals surface area contributed by atoms with E-state index in [1.807, 2.05) is 6.92 Å². The molecule has 1 N–H and O–H groups in total. The molecule has 0 spiro atoms. The Balaban J connectivity index is 1.67. The normalized spacial score (nSPS) is 10.7. The molecule has 6 nitrogen and oxygen atoms in total. The monoisotopic (exact) mass is 403 g/mol. The summed E-state index contributed by atoms with van der Waals surface area (Å²) in [6.45, 7) is 3.59. The lowest BCUT2D eigenvalue weighted by Gasteiger charge is -2.07. The van der Waals surface area contributed by atoms with E-state index < -0.39 is 0 Å². The van der Waals surface area contributed by atoms with Gasteiger partial charge in [-0.3, -0.25) is 4.79 Å². The summed E-state index contributed by atoms with van der Waals surface area (Å²) >= 11 is 13.2. The van der Waals surface area contributed by atoms with Crippen LogP contribution in [-0.2, 0) is 16.0 Å². The molecule has 0 saturated heterocycles. The number of hydrogen-bond acceptors (Lipinski definition) is 6. The van der Waals surface area contributed by atoms with Crippen LogP contribution in [0.25, 0.3) is 0 Å². The van der Waals surface area contributed by atoms with Crippen molar-refractivity contribution in [2.75, 3.05) is 25.1 Å². The second-order valence-electron chi connectivity index (χ2n) is 5.02. The van der Waals surface area contributed by atoms with E-state index in [0.717, 1.165) is 5.01 Å². The highest BCUT2D eigenvalue weighted by atomic mass is 35.5. The summed E-state index contributed by atoms with van der Waals surface area (Å²) in [5, 5.41) is 13.0. The van der Waals surface area contributed by atoms with Gasteiger partial charge in [0, 0.05) is 24.5 Å². The zero-order valence-corrected chi connectivity index (χ0v) is 16.1. The van der Waals surface area contributed by atoms with Gasteiger partial charge in [-0.25, -0.2) is 0 Å². The summed E-state index contributed by atoms with van der Waals surface area (Å²) in [4.78, 5) is 11.9. The first kappa shape index (κ1) is 19.9. The molecule has 2 aromatic rings. The van der Waals surface area contributed by atoms with Gasteiger partial charge in [0.25, 0.3) is 0 Å². The van der Waals surface area contributed by atoms with Gasteiger partial charge >= 0.3 is 0 Å². The smallest absolute Gasteiger partial charge is 0.226 e. The highest BCUT2D eigenvalue weighted by Crippen LogP contribution is 2.27. The Morgan fingerprint density at radius 1 is 1.28 bits per heavy atom. The van der Waals surface area contributed by atoms with E-state index in [9.17, 15) is 4.79 Å². The van der Waals surface area contributed by atoms with E-state index in [-0.39, 0.29) is 5.91 Å². The molecule has 0 aliphatic heterocycles. The summed E-state index contributed by atoms with van der Waals surface area (Å²) in [5.74, 6) is 0.424. The van der Waals surface area contributed by atoms with Crippen molar-refractivity contribution in [1.82, 2.24) is 10.2 Å². The lowest BCUT2D eigenvalue weighted by molar-refractivity contribution is -0.116. The van der Waals surface area contributed by atoms with E-state index in [1.54, 1.807) is 18.2 Å². The van der Waals surface area contributed by atoms with Gasteiger partial charge < -0.3 is 14.8 Å². The average Bonchev–Trinajstić information content (AvgIpc) is 3.01. The minimum absolute atomic E-state index is 0.127. The molecule has 1 aromatic carbocycles. The lowest BCUT2D eigenvalue weighted by atomic mass is 10.3. The molecule has 9 heteroatoms. The Labute approximate surface area is 160 Å². The van der Waals surface area contributed by atoms with Crippen LogP contribution in [0.2, 0.25) is 10.0 Å². The number of carbonyl (C=O) groups excluding carboxylic acids is 1. The van der Waals surface area contributed by atoms with Crippen LogP contribution in [0.4, 0.5) is 5.13 Å². The van der Waals surface area contributed by atoms with E-state index >= 15 is 0 Å². The van der Waals surface area contributed by atoms with Crippen LogP contribution in [0.3, 0.4) is 0 Å². The van der Waals surface area contributed by atoms with Crippen LogP contribution in [-0.4, -0.2) is 35.9 Å². The molecular formula is C16H19Cl2N3O3S. The number of amides is 1. The molecule has 0 atom stereocenters. The number of ether oxygens (including phenoxy) is 2. The molecular weight excluding hydrogens is 385 g/mol. The summed E-state index contributed by atoms with van der Waals surface area (Å²) in [7, 11) is 0. The van der Waals surface area contributed by atoms with Crippen molar-refractivity contribution in [3.8, 4) is 5.75 Å². The first-order valence-electron chi connectivity index (χ1n) is 7.86. The summed E-state index contributed by atoms with van der Waals surface area (Å²) in [6, 6.07) is 5.02. The van der Waals surface area contributed by atoms with E-state index in [2.05, 4.69) is 15.5 Å². The standard InChI is InChI=1S/C16H19Cl2N3O3S/c1-2-23-9-7-15-20-21-16(25-15)19-14(22)4-3-8-24-13-6-5-11(17)10-12(13)18/h5-6,10H,2-4,7-9H2,1H3,(H,19,21,22). The average molecular weight is 404 g/mol. The zero-order valence-electron chi connectivity index (χ0n) is 13.8. The lowest BCUT2D eigenvalue weighted by Crippen LogP contribution is -2.12. The number of carbonyl (C=O) groups is 1. The molecule has 1 amide bonds. The summed E-state index contributed by atoms with van der Waals surface area (Å²) in [5.41, 5.74) is 0. The highest BCUT2D eigenvalue weighted by molar-refractivity contribution is 7.15. The zero-order chi connectivity index (χ0) is 18.1. The quantitative estimate of drug-likeness (QED) is 0.601. The molecule has 0 aliphatic rings. The van der Waals surface area contributed by atoms with Crippen LogP contribution in [0.1, 0.15) is 24.8 Å². The second kappa shape index (κ2) is 10.6. The molecule has 25 heavy (non-hydrogen) atoms. The Morgan fingerprint density at radius 2 is 2.12 bits per heavy atom. The molecule has 2 rings (SSSR count). The van der Waals surface area contributed by atoms with Gasteiger partial charge in [-0.2, -0.15) is 0 Å². The van der Waals surface area contributed by atoms with Crippen molar-refractivity contribution in [1.29, 1.82) is 0 Å². The van der Waals surface area contributed by atoms with Crippen LogP contribution in [0.15, 0.2) is 18.2 Å². The number of rotatable bonds is 10. The third-order valence-electron chi connectivity index (χ3n) is 3.08. The number of nitrogens with zero attached hydrogens (tertiary/aromatic N) is 2. The largest absolute Gasteiger partial charge is 0.492 e. The van der Waals surface area contributed by atoms with Crippen LogP contribution in [0, 0.1) is 0 Å². The fourth-order valence-corrected chi connectivity index (χ4v) is 3.10. The fraction of sp³-hybridized carbons (Fsp3) is 0.438. The second-order valence-corrected chi connectivity index (χ2v) is 6.93. The molecule has 0 fully saturated rings. The number of halogens is 2. The number of aromatic nitrogens is 2. The van der Waals surface area contributed by atoms with Gasteiger partial charge in [-0.1, -0.05) is 34.5 Å². The van der Waals surface area contributed by atoms with Gasteiger partial charge in [0.05, 0.1) is 18.2 Å². The van der Waals surface area contributed by atoms with Crippen molar-refractivity contribution < 1.29 is 14.3 Å². The van der Waals surface area contributed by atoms with Crippen molar-refractivity contribution in [3.05, 3.63) is 33.3 Å². The molecule has 0 bridgehead atoms. The summed E-state index contributed by atoms with van der Waals surface area (Å²) in [6.07, 6.45) is 1.57. The maximum atomic E-state index is 11.9. The molecule has 1 heterocycles. The molecule has 136 valence electrons. The minimum atomic E-state index is -0.127. The van der Waals surface area contributed by atoms with Crippen LogP contribution < -0.4 is 10.1 Å². The van der Waals surface area contributed by atoms with Crippen molar-refractivity contribution in [3.63, 3.8) is 0 Å². The molecule has 0 aliphatic carbocycles. The molecule has 0 saturated carbocycles. The Bertz CT molecular complexity index is 697. The first-order valence-corrected chi connectivity index (χ1v) is 9.43. The maximum Gasteiger partial charge on any atom is 0.226 e. The van der Waals surface area contributed by atoms with E-state index in [4.69, 9.17) is 32.7 Å². The number of benzene rings is 1. The summed E-state index contributed by atoms with van der Waals surface area (Å²) < 4.78 is 10.8. The minimum Gasteiger partial charge on any atom is -0.492 e. The Hall–Kier alpha value is -1.41. The van der Waals surface area contributed by atoms with E-state index in [1.165, 1.54) is 11.3 Å². The third kappa shape index (κ3) is 7.15. The van der Waals surface area contributed by atoms with Crippen molar-refractivity contribution in [2.45, 2.75) is 26.2 Å². The topological polar surface area (TPSA) is 73.3 Å². The van der Waals surface area contributed by atoms with Gasteiger partial charge in [-0.05, 0) is 31.5 Å². The Morgan fingerprint density at radius 3 is 2.88 bits per heavy atom. The molecule has 0 radical (unpaired) electrons. The molecule has 1 aromatic heterocycles. The predicted molar refractivity (Wildman–Crippen MR) is 99.9 cm³/mol. The first-order chi connectivity index (χ1) is 12.1. The number of nitrogens with one attached hydrogen (secondary N) is 1. The molecule has 0 unspecified atom stereocenters. The fourth-order valence-electron chi connectivity index (χ4n) is 1.90. The SMILES string of the molecule is CCOCCc1nnc(NC(=O)CCCOc2ccc(Cl)cc2Cl)s1. The van der Waals surface area contributed by atoms with Crippen LogP contribution >= 0.6 is 34.5 Å². The van der Waals surface area contributed by atoms with Crippen molar-refractivity contribution in [2.24, 2.45) is 0 Å². The maximum absolute atomic E-state index is 11.9. The highest BCUT2D eigenvalue weighted by Gasteiger charge is 2.09. The van der Waals surface area contributed by atoms with Gasteiger partial charge in [0.15, 0.2) is 0 Å². The van der Waals surface area contributed by atoms with Gasteiger partial charge in [0.2, 0.25) is 11.0 Å². The number of anilines is 1. The third-order valence-corrected chi connectivity index (χ3v) is 4.51. The van der Waals surface area contributed by atoms with Crippen LogP contribution in [0.5, 0.6) is 5.75 Å². The Kier molecular flexibility index (Phi) is 8.40. The van der Waals surface area contributed by atoms with Gasteiger partial charge in [-0.15, -0.1) is 10.2 Å².